The van der Waals surface area contributed by atoms with Crippen molar-refractivity contribution in [3.63, 3.8) is 0 Å². The zero-order valence-electron chi connectivity index (χ0n) is 19.2. The summed E-state index contributed by atoms with van der Waals surface area (Å²) in [5.41, 5.74) is 0.222. The standard InChI is InChI=1S/C16H21N9O7S2.O3S/c1-33(28,29)19-6-5-17-13-23-14(20-9-3-2-4-10(7-9)34(30,31)32)25-15(24-13)21-11-8-18-16(27)22-12(11)26;1-4(2)3/h2-4,7,11,19H,5-6,8H2,1H3,(H,30,31,32)(H2,18,22,26,27)(H3,17,20,21,23,24,25);. The summed E-state index contributed by atoms with van der Waals surface area (Å²) in [7, 11) is -11.0. The number of sulfonamides is 1. The van der Waals surface area contributed by atoms with Crippen molar-refractivity contribution in [3.05, 3.63) is 24.3 Å². The molecular weight excluding hydrogens is 574 g/mol. The minimum Gasteiger partial charge on any atom is -0.353 e. The molecule has 1 saturated heterocycles. The fraction of sp³-hybridized carbons (Fsp3) is 0.312. The Hall–Kier alpha value is -3.99. The van der Waals surface area contributed by atoms with Gasteiger partial charge in [-0.15, -0.1) is 12.6 Å². The average molecular weight is 596 g/mol. The van der Waals surface area contributed by atoms with E-state index in [-0.39, 0.29) is 48.1 Å². The van der Waals surface area contributed by atoms with Gasteiger partial charge >= 0.3 is 16.6 Å². The van der Waals surface area contributed by atoms with Crippen molar-refractivity contribution in [1.82, 2.24) is 30.3 Å². The average Bonchev–Trinajstić information content (AvgIpc) is 2.77. The Kier molecular flexibility index (Phi) is 10.3. The number of benzene rings is 1. The minimum atomic E-state index is -4.44. The van der Waals surface area contributed by atoms with Gasteiger partial charge in [0.2, 0.25) is 27.9 Å². The predicted octanol–water partition coefficient (Wildman–Crippen LogP) is -2.56. The van der Waals surface area contributed by atoms with Crippen molar-refractivity contribution in [3.8, 4) is 0 Å². The third-order valence-corrected chi connectivity index (χ3v) is 5.70. The van der Waals surface area contributed by atoms with Crippen LogP contribution in [-0.4, -0.2) is 92.8 Å². The molecule has 3 amide bonds. The Morgan fingerprint density at radius 1 is 1.03 bits per heavy atom. The highest BCUT2D eigenvalue weighted by atomic mass is 32.2. The Morgan fingerprint density at radius 2 is 1.66 bits per heavy atom. The van der Waals surface area contributed by atoms with Crippen molar-refractivity contribution in [1.29, 1.82) is 0 Å². The van der Waals surface area contributed by atoms with Crippen LogP contribution < -0.4 is 31.3 Å². The lowest BCUT2D eigenvalue weighted by molar-refractivity contribution is -0.121. The first-order valence-corrected chi connectivity index (χ1v) is 14.4. The van der Waals surface area contributed by atoms with E-state index in [1.54, 1.807) is 0 Å². The second-order valence-corrected chi connectivity index (χ2v) is 10.8. The van der Waals surface area contributed by atoms with Crippen molar-refractivity contribution in [2.45, 2.75) is 10.9 Å². The normalized spacial score (nSPS) is 15.3. The number of imide groups is 1. The number of amides is 3. The molecule has 0 spiro atoms. The van der Waals surface area contributed by atoms with E-state index in [0.29, 0.717) is 0 Å². The number of rotatable bonds is 10. The number of hydrogen-bond donors (Lipinski definition) is 7. The molecule has 7 N–H and O–H groups in total. The number of urea groups is 1. The van der Waals surface area contributed by atoms with Gasteiger partial charge in [0.05, 0.1) is 11.2 Å². The second kappa shape index (κ2) is 13.0. The lowest BCUT2D eigenvalue weighted by Crippen LogP contribution is -2.57. The highest BCUT2D eigenvalue weighted by Gasteiger charge is 2.27. The van der Waals surface area contributed by atoms with Crippen LogP contribution in [0.15, 0.2) is 29.2 Å². The molecule has 2 heterocycles. The molecule has 1 fully saturated rings. The molecule has 19 nitrogen and oxygen atoms in total. The molecular formula is C16H21N9O10S3. The zero-order chi connectivity index (χ0) is 28.5. The summed E-state index contributed by atoms with van der Waals surface area (Å²) in [4.78, 5) is 35.3. The number of aromatic nitrogens is 3. The molecule has 38 heavy (non-hydrogen) atoms. The van der Waals surface area contributed by atoms with Crippen LogP contribution in [0.25, 0.3) is 0 Å². The van der Waals surface area contributed by atoms with Crippen LogP contribution in [0.1, 0.15) is 0 Å². The molecule has 1 aromatic heterocycles. The fourth-order valence-corrected chi connectivity index (χ4v) is 3.65. The van der Waals surface area contributed by atoms with Crippen LogP contribution in [0, 0.1) is 0 Å². The zero-order valence-corrected chi connectivity index (χ0v) is 21.6. The summed E-state index contributed by atoms with van der Waals surface area (Å²) < 4.78 is 82.0. The summed E-state index contributed by atoms with van der Waals surface area (Å²) >= 11 is 0. The number of nitrogens with one attached hydrogen (secondary N) is 6. The maximum absolute atomic E-state index is 12.0. The van der Waals surface area contributed by atoms with Crippen molar-refractivity contribution < 1.29 is 43.6 Å². The smallest absolute Gasteiger partial charge is 0.353 e. The first kappa shape index (κ1) is 30.2. The van der Waals surface area contributed by atoms with E-state index in [2.05, 4.69) is 46.3 Å². The minimum absolute atomic E-state index is 0.00138. The van der Waals surface area contributed by atoms with Crippen molar-refractivity contribution in [2.24, 2.45) is 0 Å². The van der Waals surface area contributed by atoms with Gasteiger partial charge in [0.1, 0.15) is 6.04 Å². The maximum atomic E-state index is 12.0. The van der Waals surface area contributed by atoms with Crippen LogP contribution in [-0.2, 0) is 35.5 Å². The van der Waals surface area contributed by atoms with Gasteiger partial charge < -0.3 is 21.3 Å². The Morgan fingerprint density at radius 3 is 2.26 bits per heavy atom. The second-order valence-electron chi connectivity index (χ2n) is 7.13. The third kappa shape index (κ3) is 11.0. The van der Waals surface area contributed by atoms with Gasteiger partial charge in [0, 0.05) is 25.3 Å². The highest BCUT2D eigenvalue weighted by molar-refractivity contribution is 7.88. The van der Waals surface area contributed by atoms with E-state index in [1.807, 2.05) is 0 Å². The van der Waals surface area contributed by atoms with Gasteiger partial charge in [0.15, 0.2) is 0 Å². The van der Waals surface area contributed by atoms with E-state index < -0.39 is 48.7 Å². The predicted molar refractivity (Wildman–Crippen MR) is 129 cm³/mol. The molecule has 0 saturated carbocycles. The van der Waals surface area contributed by atoms with Crippen molar-refractivity contribution in [2.75, 3.05) is 41.8 Å². The molecule has 1 aliphatic heterocycles. The van der Waals surface area contributed by atoms with Crippen LogP contribution in [0.2, 0.25) is 0 Å². The lowest BCUT2D eigenvalue weighted by Gasteiger charge is -2.23. The fourth-order valence-electron chi connectivity index (χ4n) is 2.65. The van der Waals surface area contributed by atoms with Crippen LogP contribution in [0.5, 0.6) is 0 Å². The number of anilines is 4. The number of carbonyl (C=O) groups excluding carboxylic acids is 2. The molecule has 1 aromatic carbocycles. The van der Waals surface area contributed by atoms with Gasteiger partial charge in [-0.3, -0.25) is 14.7 Å². The Labute approximate surface area is 217 Å². The summed E-state index contributed by atoms with van der Waals surface area (Å²) in [5, 5.41) is 12.9. The van der Waals surface area contributed by atoms with E-state index in [4.69, 9.17) is 12.6 Å². The summed E-state index contributed by atoms with van der Waals surface area (Å²) in [6.45, 7) is 0.105. The molecule has 22 heteroatoms. The summed E-state index contributed by atoms with van der Waals surface area (Å²) in [5.74, 6) is -0.741. The van der Waals surface area contributed by atoms with Crippen LogP contribution >= 0.6 is 0 Å². The van der Waals surface area contributed by atoms with Gasteiger partial charge in [-0.1, -0.05) is 6.07 Å². The maximum Gasteiger partial charge on any atom is 0.425 e. The van der Waals surface area contributed by atoms with Gasteiger partial charge in [-0.05, 0) is 18.2 Å². The van der Waals surface area contributed by atoms with Crippen LogP contribution in [0.4, 0.5) is 28.3 Å². The lowest BCUT2D eigenvalue weighted by atomic mass is 10.2. The molecule has 1 aliphatic rings. The topological polar surface area (TPSA) is 285 Å². The highest BCUT2D eigenvalue weighted by Crippen LogP contribution is 2.19. The van der Waals surface area contributed by atoms with Gasteiger partial charge in [0.25, 0.3) is 16.0 Å². The summed E-state index contributed by atoms with van der Waals surface area (Å²) in [6, 6.07) is 3.70. The molecule has 0 aliphatic carbocycles. The molecule has 2 aromatic rings. The van der Waals surface area contributed by atoms with Crippen molar-refractivity contribution >= 4 is 66.2 Å². The van der Waals surface area contributed by atoms with E-state index in [0.717, 1.165) is 12.3 Å². The Balaban J connectivity index is 0.00000118. The van der Waals surface area contributed by atoms with Gasteiger partial charge in [-0.2, -0.15) is 23.4 Å². The first-order chi connectivity index (χ1) is 17.6. The molecule has 0 radical (unpaired) electrons. The first-order valence-electron chi connectivity index (χ1n) is 10.0. The number of nitrogens with zero attached hydrogens (tertiary/aromatic N) is 3. The van der Waals surface area contributed by atoms with E-state index >= 15 is 0 Å². The molecule has 3 rings (SSSR count). The quantitative estimate of drug-likeness (QED) is 0.110. The van der Waals surface area contributed by atoms with Gasteiger partial charge in [-0.25, -0.2) is 17.9 Å². The van der Waals surface area contributed by atoms with E-state index in [9.17, 15) is 31.0 Å². The molecule has 1 atom stereocenters. The number of hydrogen-bond acceptors (Lipinski definition) is 15. The third-order valence-electron chi connectivity index (χ3n) is 4.12. The number of carbonyl (C=O) groups is 2. The largest absolute Gasteiger partial charge is 0.425 e. The molecule has 1 unspecified atom stereocenters. The molecule has 0 bridgehead atoms. The monoisotopic (exact) mass is 595 g/mol. The molecule has 208 valence electrons. The Bertz CT molecular complexity index is 1510. The summed E-state index contributed by atoms with van der Waals surface area (Å²) in [6.07, 6.45) is 1.01. The van der Waals surface area contributed by atoms with E-state index in [1.165, 1.54) is 18.2 Å². The SMILES string of the molecule is CS(=O)(=O)NCCNc1nc(Nc2cccc(S(=O)(=O)O)c2)nc(NC2CNC(=O)NC2=O)n1.O=S(=O)=O. The van der Waals surface area contributed by atoms with Crippen LogP contribution in [0.3, 0.4) is 0 Å².